The van der Waals surface area contributed by atoms with Crippen LogP contribution >= 0.6 is 0 Å². The average Bonchev–Trinajstić information content (AvgIpc) is 2.87. The molecule has 3 aromatic heterocycles. The number of aryl methyl sites for hydroxylation is 2. The van der Waals surface area contributed by atoms with Crippen LogP contribution in [-0.2, 0) is 12.8 Å². The van der Waals surface area contributed by atoms with Crippen LogP contribution in [0.5, 0.6) is 5.75 Å². The van der Waals surface area contributed by atoms with E-state index in [0.717, 1.165) is 41.3 Å². The van der Waals surface area contributed by atoms with Crippen molar-refractivity contribution in [2.24, 2.45) is 0 Å². The molecule has 0 spiro atoms. The smallest absolute Gasteiger partial charge is 0.157 e. The molecule has 3 heterocycles. The molecular weight excluding hydrogens is 254 g/mol. The first-order chi connectivity index (χ1) is 9.74. The molecule has 102 valence electrons. The van der Waals surface area contributed by atoms with Crippen molar-refractivity contribution in [3.05, 3.63) is 42.0 Å². The van der Waals surface area contributed by atoms with Gasteiger partial charge in [0.2, 0.25) is 0 Å². The van der Waals surface area contributed by atoms with Crippen molar-refractivity contribution in [3.8, 4) is 5.75 Å². The Morgan fingerprint density at radius 2 is 2.15 bits per heavy atom. The third-order valence-electron chi connectivity index (χ3n) is 3.03. The van der Waals surface area contributed by atoms with E-state index in [4.69, 9.17) is 10.5 Å². The topological polar surface area (TPSA) is 89.7 Å². The SMILES string of the molecule is COc1cc(N)nc(CCc2nc3cccnc3[nH]2)c1. The maximum Gasteiger partial charge on any atom is 0.157 e. The quantitative estimate of drug-likeness (QED) is 0.752. The van der Waals surface area contributed by atoms with Gasteiger partial charge in [-0.3, -0.25) is 0 Å². The largest absolute Gasteiger partial charge is 0.497 e. The Kier molecular flexibility index (Phi) is 3.20. The minimum atomic E-state index is 0.464. The van der Waals surface area contributed by atoms with Crippen LogP contribution < -0.4 is 10.5 Å². The lowest BCUT2D eigenvalue weighted by atomic mass is 10.2. The van der Waals surface area contributed by atoms with E-state index in [1.54, 1.807) is 19.4 Å². The van der Waals surface area contributed by atoms with Crippen molar-refractivity contribution < 1.29 is 4.74 Å². The number of ether oxygens (including phenoxy) is 1. The molecule has 20 heavy (non-hydrogen) atoms. The highest BCUT2D eigenvalue weighted by atomic mass is 16.5. The number of aromatic amines is 1. The minimum Gasteiger partial charge on any atom is -0.497 e. The second-order valence-corrected chi connectivity index (χ2v) is 4.48. The molecule has 0 bridgehead atoms. The highest BCUT2D eigenvalue weighted by Crippen LogP contribution is 2.16. The normalized spacial score (nSPS) is 10.8. The van der Waals surface area contributed by atoms with Gasteiger partial charge in [0.15, 0.2) is 5.65 Å². The Morgan fingerprint density at radius 3 is 2.95 bits per heavy atom. The van der Waals surface area contributed by atoms with E-state index in [-0.39, 0.29) is 0 Å². The summed E-state index contributed by atoms with van der Waals surface area (Å²) in [6.07, 6.45) is 3.23. The average molecular weight is 269 g/mol. The fourth-order valence-electron chi connectivity index (χ4n) is 2.09. The van der Waals surface area contributed by atoms with Gasteiger partial charge in [-0.2, -0.15) is 0 Å². The summed E-state index contributed by atoms with van der Waals surface area (Å²) >= 11 is 0. The number of anilines is 1. The highest BCUT2D eigenvalue weighted by Gasteiger charge is 2.06. The molecule has 0 saturated carbocycles. The highest BCUT2D eigenvalue weighted by molar-refractivity contribution is 5.69. The standard InChI is InChI=1S/C14H15N5O/c1-20-10-7-9(17-12(15)8-10)4-5-13-18-11-3-2-6-16-14(11)19-13/h2-3,6-8H,4-5H2,1H3,(H2,15,17)(H,16,18,19). The van der Waals surface area contributed by atoms with Gasteiger partial charge in [0.05, 0.1) is 7.11 Å². The molecule has 3 aromatic rings. The van der Waals surface area contributed by atoms with Crippen molar-refractivity contribution in [3.63, 3.8) is 0 Å². The van der Waals surface area contributed by atoms with E-state index < -0.39 is 0 Å². The number of aromatic nitrogens is 4. The molecule has 6 nitrogen and oxygen atoms in total. The molecule has 0 saturated heterocycles. The summed E-state index contributed by atoms with van der Waals surface area (Å²) in [5, 5.41) is 0. The number of fused-ring (bicyclic) bond motifs is 1. The summed E-state index contributed by atoms with van der Waals surface area (Å²) in [5.74, 6) is 2.08. The Balaban J connectivity index is 1.77. The number of hydrogen-bond donors (Lipinski definition) is 2. The predicted octanol–water partition coefficient (Wildman–Crippen LogP) is 1.73. The van der Waals surface area contributed by atoms with Gasteiger partial charge in [-0.05, 0) is 18.6 Å². The molecule has 0 aliphatic heterocycles. The number of nitrogens with two attached hydrogens (primary N) is 1. The Bertz CT molecular complexity index is 704. The molecule has 0 fully saturated rings. The van der Waals surface area contributed by atoms with Crippen LogP contribution in [0.1, 0.15) is 11.5 Å². The van der Waals surface area contributed by atoms with Crippen molar-refractivity contribution in [1.29, 1.82) is 0 Å². The molecule has 0 aliphatic rings. The molecule has 0 radical (unpaired) electrons. The van der Waals surface area contributed by atoms with Gasteiger partial charge in [-0.1, -0.05) is 0 Å². The van der Waals surface area contributed by atoms with Crippen LogP contribution in [-0.4, -0.2) is 27.0 Å². The van der Waals surface area contributed by atoms with E-state index in [2.05, 4.69) is 19.9 Å². The monoisotopic (exact) mass is 269 g/mol. The lowest BCUT2D eigenvalue weighted by Crippen LogP contribution is -2.00. The third kappa shape index (κ3) is 2.54. The molecule has 0 aliphatic carbocycles. The van der Waals surface area contributed by atoms with Crippen LogP contribution in [0.2, 0.25) is 0 Å². The van der Waals surface area contributed by atoms with E-state index in [1.165, 1.54) is 0 Å². The second-order valence-electron chi connectivity index (χ2n) is 4.48. The summed E-state index contributed by atoms with van der Waals surface area (Å²) in [5.41, 5.74) is 8.31. The number of imidazole rings is 1. The fourth-order valence-corrected chi connectivity index (χ4v) is 2.09. The zero-order valence-corrected chi connectivity index (χ0v) is 11.1. The predicted molar refractivity (Wildman–Crippen MR) is 76.5 cm³/mol. The number of pyridine rings is 2. The van der Waals surface area contributed by atoms with Crippen LogP contribution in [0.25, 0.3) is 11.2 Å². The zero-order valence-electron chi connectivity index (χ0n) is 11.1. The number of hydrogen-bond acceptors (Lipinski definition) is 5. The first-order valence-electron chi connectivity index (χ1n) is 6.34. The van der Waals surface area contributed by atoms with Crippen LogP contribution in [0.4, 0.5) is 5.82 Å². The van der Waals surface area contributed by atoms with Crippen molar-refractivity contribution in [2.75, 3.05) is 12.8 Å². The summed E-state index contributed by atoms with van der Waals surface area (Å²) in [6, 6.07) is 7.40. The second kappa shape index (κ2) is 5.16. The lowest BCUT2D eigenvalue weighted by Gasteiger charge is -2.04. The van der Waals surface area contributed by atoms with Crippen LogP contribution in [0.3, 0.4) is 0 Å². The summed E-state index contributed by atoms with van der Waals surface area (Å²) in [6.45, 7) is 0. The van der Waals surface area contributed by atoms with E-state index >= 15 is 0 Å². The number of rotatable bonds is 4. The molecule has 0 aromatic carbocycles. The van der Waals surface area contributed by atoms with Gasteiger partial charge >= 0.3 is 0 Å². The van der Waals surface area contributed by atoms with Crippen molar-refractivity contribution in [2.45, 2.75) is 12.8 Å². The van der Waals surface area contributed by atoms with Crippen molar-refractivity contribution >= 4 is 17.0 Å². The fraction of sp³-hybridized carbons (Fsp3) is 0.214. The van der Waals surface area contributed by atoms with Crippen LogP contribution in [0, 0.1) is 0 Å². The number of nitrogen functional groups attached to an aromatic ring is 1. The van der Waals surface area contributed by atoms with E-state index in [1.807, 2.05) is 18.2 Å². The Labute approximate surface area is 116 Å². The maximum atomic E-state index is 5.74. The summed E-state index contributed by atoms with van der Waals surface area (Å²) in [7, 11) is 1.61. The molecular formula is C14H15N5O. The number of nitrogens with one attached hydrogen (secondary N) is 1. The molecule has 0 amide bonds. The minimum absolute atomic E-state index is 0.464. The zero-order chi connectivity index (χ0) is 13.9. The molecule has 3 N–H and O–H groups in total. The Morgan fingerprint density at radius 1 is 1.25 bits per heavy atom. The van der Waals surface area contributed by atoms with Gasteiger partial charge in [-0.25, -0.2) is 15.0 Å². The van der Waals surface area contributed by atoms with Gasteiger partial charge in [-0.15, -0.1) is 0 Å². The first-order valence-corrected chi connectivity index (χ1v) is 6.34. The summed E-state index contributed by atoms with van der Waals surface area (Å²) < 4.78 is 5.18. The first kappa shape index (κ1) is 12.4. The number of H-pyrrole nitrogens is 1. The summed E-state index contributed by atoms with van der Waals surface area (Å²) in [4.78, 5) is 16.2. The number of nitrogens with zero attached hydrogens (tertiary/aromatic N) is 3. The molecule has 0 atom stereocenters. The van der Waals surface area contributed by atoms with E-state index in [0.29, 0.717) is 5.82 Å². The van der Waals surface area contributed by atoms with Crippen LogP contribution in [0.15, 0.2) is 30.5 Å². The molecule has 6 heteroatoms. The molecule has 3 rings (SSSR count). The van der Waals surface area contributed by atoms with Crippen molar-refractivity contribution in [1.82, 2.24) is 19.9 Å². The molecule has 0 unspecified atom stereocenters. The van der Waals surface area contributed by atoms with Gasteiger partial charge in [0.25, 0.3) is 0 Å². The Hall–Kier alpha value is -2.63. The maximum absolute atomic E-state index is 5.74. The van der Waals surface area contributed by atoms with E-state index in [9.17, 15) is 0 Å². The third-order valence-corrected chi connectivity index (χ3v) is 3.03. The lowest BCUT2D eigenvalue weighted by molar-refractivity contribution is 0.414. The van der Waals surface area contributed by atoms with Gasteiger partial charge in [0, 0.05) is 30.4 Å². The number of methoxy groups -OCH3 is 1. The van der Waals surface area contributed by atoms with Gasteiger partial charge < -0.3 is 15.5 Å². The van der Waals surface area contributed by atoms with Gasteiger partial charge in [0.1, 0.15) is 22.9 Å².